The lowest BCUT2D eigenvalue weighted by atomic mass is 9.72. The third kappa shape index (κ3) is 1.66. The molecule has 6 heteroatoms. The molecule has 0 aliphatic heterocycles. The largest absolute Gasteiger partial charge is 0.320 e. The van der Waals surface area contributed by atoms with Crippen LogP contribution in [0.15, 0.2) is 24.3 Å². The van der Waals surface area contributed by atoms with Gasteiger partial charge in [-0.05, 0) is 6.07 Å². The number of nitrogens with two attached hydrogens (primary N) is 1. The molecular formula is C12H10ClF2N3. The first-order chi connectivity index (χ1) is 8.41. The van der Waals surface area contributed by atoms with Crippen LogP contribution in [-0.4, -0.2) is 16.1 Å². The normalized spacial score (nSPS) is 20.7. The Bertz CT molecular complexity index is 622. The first-order valence-corrected chi connectivity index (χ1v) is 5.87. The Morgan fingerprint density at radius 1 is 1.17 bits per heavy atom. The molecule has 2 N–H and O–H groups in total. The highest BCUT2D eigenvalue weighted by molar-refractivity contribution is 6.36. The van der Waals surface area contributed by atoms with Crippen LogP contribution in [0.5, 0.6) is 0 Å². The number of nitrogens with zero attached hydrogens (tertiary/aromatic N) is 2. The summed E-state index contributed by atoms with van der Waals surface area (Å²) in [7, 11) is 0. The summed E-state index contributed by atoms with van der Waals surface area (Å²) in [5.41, 5.74) is 5.64. The average Bonchev–Trinajstić information content (AvgIpc) is 2.27. The lowest BCUT2D eigenvalue weighted by Gasteiger charge is -2.43. The molecule has 94 valence electrons. The molecule has 1 fully saturated rings. The van der Waals surface area contributed by atoms with Gasteiger partial charge in [0.05, 0.1) is 16.1 Å². The number of aromatic nitrogens is 2. The van der Waals surface area contributed by atoms with Gasteiger partial charge in [-0.1, -0.05) is 29.8 Å². The van der Waals surface area contributed by atoms with Gasteiger partial charge >= 0.3 is 0 Å². The lowest BCUT2D eigenvalue weighted by molar-refractivity contribution is -0.126. The minimum atomic E-state index is -2.73. The van der Waals surface area contributed by atoms with Crippen LogP contribution >= 0.6 is 11.6 Å². The number of hydrogen-bond donors (Lipinski definition) is 1. The summed E-state index contributed by atoms with van der Waals surface area (Å²) in [6.07, 6.45) is -0.876. The molecule has 1 heterocycles. The lowest BCUT2D eigenvalue weighted by Crippen LogP contribution is -2.56. The Balaban J connectivity index is 2.12. The molecule has 2 aromatic rings. The highest BCUT2D eigenvalue weighted by atomic mass is 35.5. The summed E-state index contributed by atoms with van der Waals surface area (Å²) in [5.74, 6) is -2.73. The zero-order valence-electron chi connectivity index (χ0n) is 9.33. The van der Waals surface area contributed by atoms with Gasteiger partial charge < -0.3 is 5.73 Å². The summed E-state index contributed by atoms with van der Waals surface area (Å²) in [4.78, 5) is 0. The fourth-order valence-electron chi connectivity index (χ4n) is 2.38. The van der Waals surface area contributed by atoms with Crippen LogP contribution in [0.25, 0.3) is 10.9 Å². The second-order valence-electron chi connectivity index (χ2n) is 4.75. The van der Waals surface area contributed by atoms with Crippen LogP contribution in [0, 0.1) is 0 Å². The molecule has 1 aliphatic carbocycles. The van der Waals surface area contributed by atoms with E-state index in [1.165, 1.54) is 0 Å². The molecule has 3 rings (SSSR count). The topological polar surface area (TPSA) is 51.8 Å². The number of alkyl halides is 2. The molecule has 0 saturated heterocycles. The van der Waals surface area contributed by atoms with E-state index in [2.05, 4.69) is 10.2 Å². The molecule has 1 aliphatic rings. The Labute approximate surface area is 107 Å². The highest BCUT2D eigenvalue weighted by Crippen LogP contribution is 2.51. The first kappa shape index (κ1) is 11.7. The second-order valence-corrected chi connectivity index (χ2v) is 5.12. The fourth-order valence-corrected chi connectivity index (χ4v) is 2.76. The van der Waals surface area contributed by atoms with Crippen LogP contribution < -0.4 is 5.73 Å². The quantitative estimate of drug-likeness (QED) is 0.866. The zero-order valence-corrected chi connectivity index (χ0v) is 10.1. The minimum Gasteiger partial charge on any atom is -0.320 e. The molecule has 0 radical (unpaired) electrons. The van der Waals surface area contributed by atoms with E-state index in [1.54, 1.807) is 18.2 Å². The van der Waals surface area contributed by atoms with E-state index in [0.717, 1.165) is 0 Å². The maximum absolute atomic E-state index is 13.0. The van der Waals surface area contributed by atoms with Gasteiger partial charge in [-0.15, -0.1) is 0 Å². The van der Waals surface area contributed by atoms with Gasteiger partial charge in [0.1, 0.15) is 5.69 Å². The minimum absolute atomic E-state index is 0.258. The molecule has 18 heavy (non-hydrogen) atoms. The van der Waals surface area contributed by atoms with Crippen LogP contribution in [0.2, 0.25) is 5.02 Å². The maximum Gasteiger partial charge on any atom is 0.252 e. The van der Waals surface area contributed by atoms with Gasteiger partial charge in [0.2, 0.25) is 0 Å². The molecule has 3 nitrogen and oxygen atoms in total. The van der Waals surface area contributed by atoms with Gasteiger partial charge in [-0.3, -0.25) is 0 Å². The van der Waals surface area contributed by atoms with Crippen molar-refractivity contribution in [3.63, 3.8) is 0 Å². The van der Waals surface area contributed by atoms with Crippen LogP contribution in [-0.2, 0) is 5.54 Å². The third-order valence-corrected chi connectivity index (χ3v) is 3.61. The first-order valence-electron chi connectivity index (χ1n) is 5.49. The van der Waals surface area contributed by atoms with Gasteiger partial charge in [0.15, 0.2) is 0 Å². The van der Waals surface area contributed by atoms with E-state index < -0.39 is 24.3 Å². The molecule has 1 saturated carbocycles. The SMILES string of the molecule is NC1(c2nnc3ccccc3c2Cl)CC(F)(F)C1. The number of hydrogen-bond acceptors (Lipinski definition) is 3. The van der Waals surface area contributed by atoms with Crippen molar-refractivity contribution in [2.45, 2.75) is 24.3 Å². The summed E-state index contributed by atoms with van der Waals surface area (Å²) in [5, 5.41) is 8.91. The Morgan fingerprint density at radius 3 is 2.50 bits per heavy atom. The summed E-state index contributed by atoms with van der Waals surface area (Å²) < 4.78 is 26.0. The molecule has 0 bridgehead atoms. The standard InChI is InChI=1S/C12H10ClF2N3/c13-9-7-3-1-2-4-8(7)17-18-10(9)11(16)5-12(14,15)6-11/h1-4H,5-6,16H2. The van der Waals surface area contributed by atoms with Crippen molar-refractivity contribution in [2.24, 2.45) is 5.73 Å². The molecular weight excluding hydrogens is 260 g/mol. The number of rotatable bonds is 1. The Hall–Kier alpha value is -1.33. The Morgan fingerprint density at radius 2 is 1.83 bits per heavy atom. The van der Waals surface area contributed by atoms with E-state index in [4.69, 9.17) is 17.3 Å². The number of halogens is 3. The van der Waals surface area contributed by atoms with E-state index in [-0.39, 0.29) is 5.69 Å². The summed E-state index contributed by atoms with van der Waals surface area (Å²) in [6.45, 7) is 0. The van der Waals surface area contributed by atoms with Crippen molar-refractivity contribution in [1.82, 2.24) is 10.2 Å². The predicted octanol–water partition coefficient (Wildman–Crippen LogP) is 2.87. The molecule has 1 aromatic heterocycles. The second kappa shape index (κ2) is 3.59. The van der Waals surface area contributed by atoms with Crippen LogP contribution in [0.3, 0.4) is 0 Å². The number of benzene rings is 1. The average molecular weight is 270 g/mol. The van der Waals surface area contributed by atoms with Crippen molar-refractivity contribution in [3.8, 4) is 0 Å². The monoisotopic (exact) mass is 269 g/mol. The van der Waals surface area contributed by atoms with Crippen LogP contribution in [0.4, 0.5) is 8.78 Å². The third-order valence-electron chi connectivity index (χ3n) is 3.23. The highest BCUT2D eigenvalue weighted by Gasteiger charge is 2.57. The van der Waals surface area contributed by atoms with Gasteiger partial charge in [-0.25, -0.2) is 8.78 Å². The fraction of sp³-hybridized carbons (Fsp3) is 0.333. The van der Waals surface area contributed by atoms with Crippen molar-refractivity contribution in [3.05, 3.63) is 35.0 Å². The van der Waals surface area contributed by atoms with Crippen molar-refractivity contribution in [2.75, 3.05) is 0 Å². The van der Waals surface area contributed by atoms with E-state index in [9.17, 15) is 8.78 Å². The van der Waals surface area contributed by atoms with E-state index >= 15 is 0 Å². The summed E-state index contributed by atoms with van der Waals surface area (Å²) in [6, 6.07) is 7.15. The van der Waals surface area contributed by atoms with Gasteiger partial charge in [0.25, 0.3) is 5.92 Å². The molecule has 0 unspecified atom stereocenters. The van der Waals surface area contributed by atoms with Gasteiger partial charge in [-0.2, -0.15) is 10.2 Å². The van der Waals surface area contributed by atoms with Crippen LogP contribution in [0.1, 0.15) is 18.5 Å². The predicted molar refractivity (Wildman–Crippen MR) is 64.6 cm³/mol. The molecule has 0 amide bonds. The van der Waals surface area contributed by atoms with Gasteiger partial charge in [0, 0.05) is 18.2 Å². The Kier molecular flexibility index (Phi) is 2.34. The summed E-state index contributed by atoms with van der Waals surface area (Å²) >= 11 is 6.20. The van der Waals surface area contributed by atoms with Crippen molar-refractivity contribution < 1.29 is 8.78 Å². The molecule has 0 atom stereocenters. The zero-order chi connectivity index (χ0) is 13.0. The number of fused-ring (bicyclic) bond motifs is 1. The van der Waals surface area contributed by atoms with E-state index in [1.807, 2.05) is 6.07 Å². The smallest absolute Gasteiger partial charge is 0.252 e. The van der Waals surface area contributed by atoms with Crippen molar-refractivity contribution >= 4 is 22.5 Å². The van der Waals surface area contributed by atoms with E-state index in [0.29, 0.717) is 15.9 Å². The van der Waals surface area contributed by atoms with Crippen molar-refractivity contribution in [1.29, 1.82) is 0 Å². The maximum atomic E-state index is 13.0. The molecule has 1 aromatic carbocycles. The molecule has 0 spiro atoms.